The van der Waals surface area contributed by atoms with Gasteiger partial charge in [0.2, 0.25) is 0 Å². The lowest BCUT2D eigenvalue weighted by Gasteiger charge is -2.22. The van der Waals surface area contributed by atoms with Crippen LogP contribution in [0.25, 0.3) is 11.3 Å². The van der Waals surface area contributed by atoms with Crippen LogP contribution >= 0.6 is 11.6 Å². The van der Waals surface area contributed by atoms with Crippen LogP contribution in [-0.2, 0) is 7.05 Å². The summed E-state index contributed by atoms with van der Waals surface area (Å²) in [6.45, 7) is 0.710. The lowest BCUT2D eigenvalue weighted by molar-refractivity contribution is 0.0725. The number of nitrogens with zero attached hydrogens (tertiary/aromatic N) is 4. The van der Waals surface area contributed by atoms with Gasteiger partial charge in [-0.1, -0.05) is 16.8 Å². The van der Waals surface area contributed by atoms with Gasteiger partial charge >= 0.3 is 0 Å². The first kappa shape index (κ1) is 15.9. The fraction of sp³-hybridized carbons (Fsp3) is 0.278. The minimum absolute atomic E-state index is 0.0388. The van der Waals surface area contributed by atoms with Crippen molar-refractivity contribution < 1.29 is 9.32 Å². The molecule has 1 aliphatic rings. The lowest BCUT2D eigenvalue weighted by atomic mass is 10.1. The van der Waals surface area contributed by atoms with Crippen LogP contribution < -0.4 is 0 Å². The summed E-state index contributed by atoms with van der Waals surface area (Å²) in [4.78, 5) is 14.7. The average Bonchev–Trinajstić information content (AvgIpc) is 3.35. The Balaban J connectivity index is 1.57. The van der Waals surface area contributed by atoms with Gasteiger partial charge in [-0.2, -0.15) is 5.10 Å². The molecule has 128 valence electrons. The second-order valence-corrected chi connectivity index (χ2v) is 6.62. The third-order valence-corrected chi connectivity index (χ3v) is 4.73. The zero-order valence-electron chi connectivity index (χ0n) is 13.7. The van der Waals surface area contributed by atoms with Crippen molar-refractivity contribution in [3.63, 3.8) is 0 Å². The highest BCUT2D eigenvalue weighted by molar-refractivity contribution is 6.30. The van der Waals surface area contributed by atoms with Crippen LogP contribution in [0.5, 0.6) is 0 Å². The Morgan fingerprint density at radius 2 is 2.12 bits per heavy atom. The number of amides is 1. The SMILES string of the molecule is Cn1cc(C2CCCN2C(=O)c2cc(-c3ccc(Cl)cc3)on2)cn1. The Hall–Kier alpha value is -2.60. The van der Waals surface area contributed by atoms with Gasteiger partial charge in [-0.05, 0) is 37.1 Å². The van der Waals surface area contributed by atoms with Gasteiger partial charge in [0, 0.05) is 42.0 Å². The van der Waals surface area contributed by atoms with Gasteiger partial charge in [0.15, 0.2) is 11.5 Å². The highest BCUT2D eigenvalue weighted by Crippen LogP contribution is 2.33. The minimum atomic E-state index is -0.115. The summed E-state index contributed by atoms with van der Waals surface area (Å²) in [5.41, 5.74) is 2.21. The van der Waals surface area contributed by atoms with Gasteiger partial charge in [-0.25, -0.2) is 0 Å². The summed E-state index contributed by atoms with van der Waals surface area (Å²) in [5, 5.41) is 8.83. The monoisotopic (exact) mass is 356 g/mol. The largest absolute Gasteiger partial charge is 0.355 e. The maximum Gasteiger partial charge on any atom is 0.276 e. The predicted octanol–water partition coefficient (Wildman–Crippen LogP) is 3.71. The van der Waals surface area contributed by atoms with Crippen molar-refractivity contribution in [3.8, 4) is 11.3 Å². The number of rotatable bonds is 3. The van der Waals surface area contributed by atoms with E-state index in [2.05, 4.69) is 10.3 Å². The molecule has 1 atom stereocenters. The average molecular weight is 357 g/mol. The standard InChI is InChI=1S/C18H17ClN4O2/c1-22-11-13(10-20-22)16-3-2-8-23(16)18(24)15-9-17(25-21-15)12-4-6-14(19)7-5-12/h4-7,9-11,16H,2-3,8H2,1H3. The molecule has 4 rings (SSSR count). The predicted molar refractivity (Wildman–Crippen MR) is 93.2 cm³/mol. The Morgan fingerprint density at radius 3 is 2.84 bits per heavy atom. The first-order valence-corrected chi connectivity index (χ1v) is 8.52. The second kappa shape index (κ2) is 6.37. The van der Waals surface area contributed by atoms with E-state index in [1.165, 1.54) is 0 Å². The van der Waals surface area contributed by atoms with E-state index in [9.17, 15) is 4.79 Å². The fourth-order valence-corrected chi connectivity index (χ4v) is 3.37. The van der Waals surface area contributed by atoms with E-state index < -0.39 is 0 Å². The van der Waals surface area contributed by atoms with Crippen molar-refractivity contribution in [2.24, 2.45) is 7.05 Å². The van der Waals surface area contributed by atoms with Crippen LogP contribution in [0.2, 0.25) is 5.02 Å². The summed E-state index contributed by atoms with van der Waals surface area (Å²) >= 11 is 5.90. The summed E-state index contributed by atoms with van der Waals surface area (Å²) in [7, 11) is 1.88. The minimum Gasteiger partial charge on any atom is -0.355 e. The molecule has 0 radical (unpaired) electrons. The molecule has 1 aliphatic heterocycles. The van der Waals surface area contributed by atoms with Gasteiger partial charge in [-0.15, -0.1) is 0 Å². The zero-order chi connectivity index (χ0) is 17.4. The number of aromatic nitrogens is 3. The number of carbonyl (C=O) groups excluding carboxylic acids is 1. The van der Waals surface area contributed by atoms with Crippen LogP contribution in [-0.4, -0.2) is 32.3 Å². The fourth-order valence-electron chi connectivity index (χ4n) is 3.24. The van der Waals surface area contributed by atoms with Crippen LogP contribution in [0.15, 0.2) is 47.2 Å². The van der Waals surface area contributed by atoms with Crippen LogP contribution in [0, 0.1) is 0 Å². The molecule has 1 unspecified atom stereocenters. The molecule has 0 spiro atoms. The molecule has 3 aromatic rings. The van der Waals surface area contributed by atoms with Crippen LogP contribution in [0.4, 0.5) is 0 Å². The molecule has 1 saturated heterocycles. The molecule has 3 heterocycles. The Kier molecular flexibility index (Phi) is 4.05. The molecule has 1 aromatic carbocycles. The number of aryl methyl sites for hydroxylation is 1. The molecule has 25 heavy (non-hydrogen) atoms. The summed E-state index contributed by atoms with van der Waals surface area (Å²) in [6.07, 6.45) is 5.67. The van der Waals surface area contributed by atoms with Crippen molar-refractivity contribution in [1.82, 2.24) is 19.8 Å². The summed E-state index contributed by atoms with van der Waals surface area (Å²) < 4.78 is 7.11. The number of likely N-dealkylation sites (tertiary alicyclic amines) is 1. The van der Waals surface area contributed by atoms with Gasteiger partial charge in [0.05, 0.1) is 12.2 Å². The molecule has 1 amide bonds. The Bertz CT molecular complexity index is 900. The second-order valence-electron chi connectivity index (χ2n) is 6.19. The molecule has 0 bridgehead atoms. The van der Waals surface area contributed by atoms with E-state index in [0.717, 1.165) is 24.0 Å². The molecule has 0 aliphatic carbocycles. The highest BCUT2D eigenvalue weighted by Gasteiger charge is 2.32. The van der Waals surface area contributed by atoms with Crippen molar-refractivity contribution in [2.75, 3.05) is 6.54 Å². The molecular weight excluding hydrogens is 340 g/mol. The van der Waals surface area contributed by atoms with Crippen molar-refractivity contribution in [1.29, 1.82) is 0 Å². The first-order chi connectivity index (χ1) is 12.1. The highest BCUT2D eigenvalue weighted by atomic mass is 35.5. The molecule has 1 fully saturated rings. The number of carbonyl (C=O) groups is 1. The van der Waals surface area contributed by atoms with Crippen molar-refractivity contribution in [3.05, 3.63) is 59.0 Å². The van der Waals surface area contributed by atoms with Crippen molar-refractivity contribution in [2.45, 2.75) is 18.9 Å². The van der Waals surface area contributed by atoms with E-state index in [1.807, 2.05) is 36.5 Å². The molecule has 7 heteroatoms. The normalized spacial score (nSPS) is 17.2. The number of halogens is 1. The van der Waals surface area contributed by atoms with E-state index in [-0.39, 0.29) is 11.9 Å². The first-order valence-electron chi connectivity index (χ1n) is 8.14. The van der Waals surface area contributed by atoms with Gasteiger partial charge < -0.3 is 9.42 Å². The third kappa shape index (κ3) is 3.05. The number of hydrogen-bond acceptors (Lipinski definition) is 4. The molecule has 2 aromatic heterocycles. The van der Waals surface area contributed by atoms with E-state index in [4.69, 9.17) is 16.1 Å². The number of benzene rings is 1. The van der Waals surface area contributed by atoms with Gasteiger partial charge in [-0.3, -0.25) is 9.48 Å². The number of hydrogen-bond donors (Lipinski definition) is 0. The van der Waals surface area contributed by atoms with Crippen molar-refractivity contribution >= 4 is 17.5 Å². The van der Waals surface area contributed by atoms with Gasteiger partial charge in [0.1, 0.15) is 0 Å². The Labute approximate surface area is 150 Å². The van der Waals surface area contributed by atoms with E-state index in [1.54, 1.807) is 22.9 Å². The zero-order valence-corrected chi connectivity index (χ0v) is 14.5. The molecule has 0 saturated carbocycles. The quantitative estimate of drug-likeness (QED) is 0.717. The van der Waals surface area contributed by atoms with Crippen LogP contribution in [0.3, 0.4) is 0 Å². The van der Waals surface area contributed by atoms with E-state index in [0.29, 0.717) is 23.0 Å². The maximum absolute atomic E-state index is 12.9. The lowest BCUT2D eigenvalue weighted by Crippen LogP contribution is -2.30. The Morgan fingerprint density at radius 1 is 1.32 bits per heavy atom. The van der Waals surface area contributed by atoms with Gasteiger partial charge in [0.25, 0.3) is 5.91 Å². The topological polar surface area (TPSA) is 64.2 Å². The third-order valence-electron chi connectivity index (χ3n) is 4.48. The summed E-state index contributed by atoms with van der Waals surface area (Å²) in [6, 6.07) is 8.96. The molecular formula is C18H17ClN4O2. The maximum atomic E-state index is 12.9. The van der Waals surface area contributed by atoms with Crippen LogP contribution in [0.1, 0.15) is 34.9 Å². The smallest absolute Gasteiger partial charge is 0.276 e. The summed E-state index contributed by atoms with van der Waals surface area (Å²) in [5.74, 6) is 0.437. The van der Waals surface area contributed by atoms with E-state index >= 15 is 0 Å². The molecule has 6 nitrogen and oxygen atoms in total. The molecule has 0 N–H and O–H groups in total.